The van der Waals surface area contributed by atoms with Crippen LogP contribution < -0.4 is 10.5 Å². The van der Waals surface area contributed by atoms with Crippen molar-refractivity contribution in [3.63, 3.8) is 0 Å². The molecule has 6 nitrogen and oxygen atoms in total. The van der Waals surface area contributed by atoms with Crippen molar-refractivity contribution < 1.29 is 4.79 Å². The lowest BCUT2D eigenvalue weighted by molar-refractivity contribution is -0.122. The van der Waals surface area contributed by atoms with Crippen LogP contribution in [0.5, 0.6) is 0 Å². The molecule has 1 aliphatic rings. The van der Waals surface area contributed by atoms with E-state index in [1.54, 1.807) is 24.9 Å². The quantitative estimate of drug-likeness (QED) is 0.472. The summed E-state index contributed by atoms with van der Waals surface area (Å²) in [6.07, 6.45) is 1.77. The van der Waals surface area contributed by atoms with Crippen LogP contribution in [-0.2, 0) is 18.4 Å². The Bertz CT molecular complexity index is 1190. The first-order valence-corrected chi connectivity index (χ1v) is 11.5. The molecule has 0 spiro atoms. The molecule has 1 amide bonds. The fourth-order valence-corrected chi connectivity index (χ4v) is 5.02. The molecule has 0 radical (unpaired) electrons. The molecule has 1 saturated heterocycles. The molecule has 0 N–H and O–H groups in total. The summed E-state index contributed by atoms with van der Waals surface area (Å²) in [4.78, 5) is 30.0. The van der Waals surface area contributed by atoms with Crippen molar-refractivity contribution in [3.8, 4) is 6.07 Å². The van der Waals surface area contributed by atoms with Crippen LogP contribution in [0.1, 0.15) is 36.1 Å². The zero-order chi connectivity index (χ0) is 23.6. The van der Waals surface area contributed by atoms with Crippen LogP contribution in [0, 0.1) is 24.2 Å². The zero-order valence-electron chi connectivity index (χ0n) is 18.9. The zero-order valence-corrected chi connectivity index (χ0v) is 20.5. The molecule has 0 bridgehead atoms. The summed E-state index contributed by atoms with van der Waals surface area (Å²) in [7, 11) is 3.55. The van der Waals surface area contributed by atoms with Gasteiger partial charge in [-0.05, 0) is 30.0 Å². The normalized spacial score (nSPS) is 15.0. The lowest BCUT2D eigenvalue weighted by atomic mass is 10.0. The number of thioether (sulfide) groups is 1. The van der Waals surface area contributed by atoms with Crippen LogP contribution in [0.25, 0.3) is 6.08 Å². The van der Waals surface area contributed by atoms with Gasteiger partial charge in [0.1, 0.15) is 21.8 Å². The third-order valence-electron chi connectivity index (χ3n) is 5.29. The lowest BCUT2D eigenvalue weighted by Gasteiger charge is -2.26. The van der Waals surface area contributed by atoms with Crippen molar-refractivity contribution >= 4 is 46.1 Å². The highest BCUT2D eigenvalue weighted by atomic mass is 32.2. The van der Waals surface area contributed by atoms with Crippen molar-refractivity contribution in [2.24, 2.45) is 13.0 Å². The Hall–Kier alpha value is -2.89. The van der Waals surface area contributed by atoms with Crippen molar-refractivity contribution in [2.75, 3.05) is 18.5 Å². The molecule has 32 heavy (non-hydrogen) atoms. The Morgan fingerprint density at radius 1 is 1.25 bits per heavy atom. The van der Waals surface area contributed by atoms with Gasteiger partial charge in [-0.15, -0.1) is 0 Å². The molecule has 1 aromatic heterocycles. The molecule has 166 valence electrons. The van der Waals surface area contributed by atoms with Gasteiger partial charge in [-0.3, -0.25) is 19.1 Å². The third kappa shape index (κ3) is 4.64. The molecule has 1 fully saturated rings. The fraction of sp³-hybridized carbons (Fsp3) is 0.333. The molecule has 1 aromatic carbocycles. The summed E-state index contributed by atoms with van der Waals surface area (Å²) in [5.74, 6) is 0.787. The number of rotatable bonds is 6. The number of carbonyl (C=O) groups excluding carboxylic acids is 1. The van der Waals surface area contributed by atoms with Gasteiger partial charge >= 0.3 is 0 Å². The van der Waals surface area contributed by atoms with Gasteiger partial charge in [-0.2, -0.15) is 5.26 Å². The van der Waals surface area contributed by atoms with E-state index in [4.69, 9.17) is 12.2 Å². The van der Waals surface area contributed by atoms with Gasteiger partial charge < -0.3 is 4.90 Å². The van der Waals surface area contributed by atoms with Gasteiger partial charge in [0.25, 0.3) is 11.5 Å². The van der Waals surface area contributed by atoms with E-state index in [0.29, 0.717) is 39.3 Å². The van der Waals surface area contributed by atoms with Crippen molar-refractivity contribution in [1.29, 1.82) is 5.26 Å². The predicted octanol–water partition coefficient (Wildman–Crippen LogP) is 4.06. The smallest absolute Gasteiger partial charge is 0.270 e. The number of pyridine rings is 1. The van der Waals surface area contributed by atoms with E-state index < -0.39 is 0 Å². The lowest BCUT2D eigenvalue weighted by Crippen LogP contribution is -2.32. The average molecular weight is 467 g/mol. The van der Waals surface area contributed by atoms with Crippen molar-refractivity contribution in [2.45, 2.75) is 27.3 Å². The molecule has 0 unspecified atom stereocenters. The molecular weight excluding hydrogens is 440 g/mol. The topological polar surface area (TPSA) is 69.3 Å². The maximum absolute atomic E-state index is 13.0. The van der Waals surface area contributed by atoms with E-state index in [9.17, 15) is 14.9 Å². The highest BCUT2D eigenvalue weighted by Gasteiger charge is 2.33. The summed E-state index contributed by atoms with van der Waals surface area (Å²) in [5, 5.41) is 9.61. The Labute approximate surface area is 198 Å². The molecule has 0 saturated carbocycles. The summed E-state index contributed by atoms with van der Waals surface area (Å²) in [6.45, 7) is 6.94. The van der Waals surface area contributed by atoms with Gasteiger partial charge in [0.2, 0.25) is 0 Å². The monoisotopic (exact) mass is 466 g/mol. The number of nitrogens with zero attached hydrogens (tertiary/aromatic N) is 4. The van der Waals surface area contributed by atoms with Gasteiger partial charge in [-0.25, -0.2) is 0 Å². The van der Waals surface area contributed by atoms with Gasteiger partial charge in [0.15, 0.2) is 0 Å². The van der Waals surface area contributed by atoms with Gasteiger partial charge in [0.05, 0.1) is 4.91 Å². The number of hydrogen-bond acceptors (Lipinski definition) is 6. The predicted molar refractivity (Wildman–Crippen MR) is 134 cm³/mol. The van der Waals surface area contributed by atoms with Crippen LogP contribution in [0.15, 0.2) is 40.0 Å². The molecule has 0 atom stereocenters. The Morgan fingerprint density at radius 2 is 1.91 bits per heavy atom. The van der Waals surface area contributed by atoms with E-state index in [2.05, 4.69) is 0 Å². The molecular formula is C24H26N4O2S2. The third-order valence-corrected chi connectivity index (χ3v) is 6.67. The maximum atomic E-state index is 13.0. The summed E-state index contributed by atoms with van der Waals surface area (Å²) < 4.78 is 2.01. The standard InChI is InChI=1S/C24H26N4O2S2/c1-15(2)13-28-23(30)20(32-24(28)31)11-18-16(3)19(12-25)22(29)27(5)21(18)26(4)14-17-9-7-6-8-10-17/h6-11,15H,13-14H2,1-5H3/b20-11-. The van der Waals surface area contributed by atoms with Crippen LogP contribution in [0.4, 0.5) is 5.82 Å². The molecule has 3 rings (SSSR count). The number of amides is 1. The highest BCUT2D eigenvalue weighted by Crippen LogP contribution is 2.36. The minimum absolute atomic E-state index is 0.0771. The second-order valence-corrected chi connectivity index (χ2v) is 9.92. The Balaban J connectivity index is 2.14. The highest BCUT2D eigenvalue weighted by molar-refractivity contribution is 8.26. The maximum Gasteiger partial charge on any atom is 0.270 e. The molecule has 8 heteroatoms. The van der Waals surface area contributed by atoms with Crippen molar-refractivity contribution in [3.05, 3.63) is 67.8 Å². The number of hydrogen-bond donors (Lipinski definition) is 0. The molecule has 2 aromatic rings. The van der Waals surface area contributed by atoms with Gasteiger partial charge in [0, 0.05) is 32.7 Å². The Morgan fingerprint density at radius 3 is 2.50 bits per heavy atom. The second-order valence-electron chi connectivity index (χ2n) is 8.24. The summed E-state index contributed by atoms with van der Waals surface area (Å²) >= 11 is 6.69. The van der Waals surface area contributed by atoms with Gasteiger partial charge in [-0.1, -0.05) is 68.2 Å². The van der Waals surface area contributed by atoms with Crippen LogP contribution >= 0.6 is 24.0 Å². The number of benzene rings is 1. The van der Waals surface area contributed by atoms with Crippen LogP contribution in [-0.4, -0.2) is 33.3 Å². The average Bonchev–Trinajstić information content (AvgIpc) is 3.00. The minimum Gasteiger partial charge on any atom is -0.356 e. The number of carbonyl (C=O) groups is 1. The largest absolute Gasteiger partial charge is 0.356 e. The SMILES string of the molecule is Cc1c(/C=C2\SC(=S)N(CC(C)C)C2=O)c(N(C)Cc2ccccc2)n(C)c(=O)c1C#N. The number of nitriles is 1. The summed E-state index contributed by atoms with van der Waals surface area (Å²) in [6, 6.07) is 11.9. The Kier molecular flexibility index (Phi) is 7.22. The van der Waals surface area contributed by atoms with E-state index in [-0.39, 0.29) is 22.9 Å². The minimum atomic E-state index is -0.357. The van der Waals surface area contributed by atoms with E-state index >= 15 is 0 Å². The van der Waals surface area contributed by atoms with E-state index in [1.165, 1.54) is 16.3 Å². The van der Waals surface area contributed by atoms with Crippen LogP contribution in [0.3, 0.4) is 0 Å². The molecule has 1 aliphatic heterocycles. The number of anilines is 1. The summed E-state index contributed by atoms with van der Waals surface area (Å²) in [5.41, 5.74) is 2.03. The molecule has 2 heterocycles. The van der Waals surface area contributed by atoms with Crippen molar-refractivity contribution in [1.82, 2.24) is 9.47 Å². The second kappa shape index (κ2) is 9.72. The first-order valence-electron chi connectivity index (χ1n) is 10.3. The number of thiocarbonyl (C=S) groups is 1. The number of aromatic nitrogens is 1. The van der Waals surface area contributed by atoms with E-state index in [1.807, 2.05) is 62.2 Å². The van der Waals surface area contributed by atoms with E-state index in [0.717, 1.165) is 5.56 Å². The van der Waals surface area contributed by atoms with Crippen LogP contribution in [0.2, 0.25) is 0 Å². The first-order chi connectivity index (χ1) is 15.1. The first kappa shape index (κ1) is 23.8. The fourth-order valence-electron chi connectivity index (χ4n) is 3.76. The molecule has 0 aliphatic carbocycles.